The SMILES string of the molecule is CCN(CC)c1ccc(C2CC(=O)N(c3cccc(C(=O)O)c3)C3=C2C(=O)CC(C)(C)C3)cc1. The zero-order chi connectivity index (χ0) is 24.6. The van der Waals surface area contributed by atoms with Crippen molar-refractivity contribution in [3.63, 3.8) is 0 Å². The number of aromatic carboxylic acids is 1. The number of ketones is 1. The predicted molar refractivity (Wildman–Crippen MR) is 133 cm³/mol. The minimum atomic E-state index is -1.05. The van der Waals surface area contributed by atoms with Crippen LogP contribution in [-0.2, 0) is 9.59 Å². The summed E-state index contributed by atoms with van der Waals surface area (Å²) in [4.78, 5) is 42.4. The van der Waals surface area contributed by atoms with Gasteiger partial charge in [-0.15, -0.1) is 0 Å². The molecule has 2 aliphatic rings. The lowest BCUT2D eigenvalue weighted by Crippen LogP contribution is -2.43. The van der Waals surface area contributed by atoms with E-state index in [0.29, 0.717) is 29.8 Å². The molecule has 2 aromatic rings. The van der Waals surface area contributed by atoms with Gasteiger partial charge in [-0.2, -0.15) is 0 Å². The summed E-state index contributed by atoms with van der Waals surface area (Å²) in [5, 5.41) is 9.45. The molecule has 1 unspecified atom stereocenters. The summed E-state index contributed by atoms with van der Waals surface area (Å²) in [5.74, 6) is -1.40. The number of rotatable bonds is 6. The number of carboxylic acids is 1. The minimum absolute atomic E-state index is 0.0657. The molecule has 0 saturated carbocycles. The lowest BCUT2D eigenvalue weighted by molar-refractivity contribution is -0.121. The van der Waals surface area contributed by atoms with Gasteiger partial charge in [-0.05, 0) is 61.6 Å². The quantitative estimate of drug-likeness (QED) is 0.625. The molecule has 0 radical (unpaired) electrons. The largest absolute Gasteiger partial charge is 0.478 e. The van der Waals surface area contributed by atoms with E-state index in [0.717, 1.165) is 24.3 Å². The van der Waals surface area contributed by atoms with E-state index in [-0.39, 0.29) is 35.0 Å². The summed E-state index contributed by atoms with van der Waals surface area (Å²) in [5.41, 5.74) is 3.80. The van der Waals surface area contributed by atoms with Gasteiger partial charge in [0.15, 0.2) is 5.78 Å². The highest BCUT2D eigenvalue weighted by atomic mass is 16.4. The molecule has 2 aromatic carbocycles. The highest BCUT2D eigenvalue weighted by Crippen LogP contribution is 2.48. The van der Waals surface area contributed by atoms with Crippen LogP contribution in [-0.4, -0.2) is 35.9 Å². The topological polar surface area (TPSA) is 77.9 Å². The van der Waals surface area contributed by atoms with E-state index in [1.165, 1.54) is 12.1 Å². The van der Waals surface area contributed by atoms with Crippen molar-refractivity contribution in [2.45, 2.75) is 52.9 Å². The standard InChI is InChI=1S/C28H32N2O4/c1-5-29(6-2)20-12-10-18(11-13-20)22-15-25(32)30(21-9-7-8-19(14-21)27(33)34)23-16-28(3,4)17-24(31)26(22)23/h7-14,22H,5-6,15-17H2,1-4H3,(H,33,34). The van der Waals surface area contributed by atoms with Crippen molar-refractivity contribution in [1.82, 2.24) is 0 Å². The smallest absolute Gasteiger partial charge is 0.335 e. The van der Waals surface area contributed by atoms with Gasteiger partial charge in [-0.1, -0.05) is 32.0 Å². The van der Waals surface area contributed by atoms with Crippen LogP contribution in [0.25, 0.3) is 0 Å². The fraction of sp³-hybridized carbons (Fsp3) is 0.393. The number of carbonyl (C=O) groups is 3. The molecule has 0 saturated heterocycles. The summed E-state index contributed by atoms with van der Waals surface area (Å²) in [6.45, 7) is 10.1. The number of anilines is 2. The molecule has 0 spiro atoms. The van der Waals surface area contributed by atoms with Gasteiger partial charge in [-0.3, -0.25) is 14.5 Å². The van der Waals surface area contributed by atoms with Gasteiger partial charge in [0, 0.05) is 54.5 Å². The monoisotopic (exact) mass is 460 g/mol. The van der Waals surface area contributed by atoms with Gasteiger partial charge < -0.3 is 10.0 Å². The molecule has 6 nitrogen and oxygen atoms in total. The number of carboxylic acid groups (broad SMARTS) is 1. The van der Waals surface area contributed by atoms with Crippen molar-refractivity contribution in [3.8, 4) is 0 Å². The van der Waals surface area contributed by atoms with Crippen LogP contribution in [0.1, 0.15) is 68.8 Å². The number of benzene rings is 2. The third-order valence-electron chi connectivity index (χ3n) is 6.92. The average Bonchev–Trinajstić information content (AvgIpc) is 2.79. The third-order valence-corrected chi connectivity index (χ3v) is 6.92. The van der Waals surface area contributed by atoms with Crippen LogP contribution in [0.4, 0.5) is 11.4 Å². The fourth-order valence-electron chi connectivity index (χ4n) is 5.28. The van der Waals surface area contributed by atoms with Crippen molar-refractivity contribution >= 4 is 29.0 Å². The highest BCUT2D eigenvalue weighted by molar-refractivity contribution is 6.08. The summed E-state index contributed by atoms with van der Waals surface area (Å²) >= 11 is 0. The molecule has 1 heterocycles. The molecule has 34 heavy (non-hydrogen) atoms. The van der Waals surface area contributed by atoms with Crippen molar-refractivity contribution in [3.05, 3.63) is 70.9 Å². The maximum absolute atomic E-state index is 13.5. The normalized spacial score (nSPS) is 19.8. The Labute approximate surface area is 200 Å². The first-order valence-electron chi connectivity index (χ1n) is 11.9. The number of allylic oxidation sites excluding steroid dienone is 2. The number of carbonyl (C=O) groups excluding carboxylic acids is 2. The van der Waals surface area contributed by atoms with E-state index in [2.05, 4.69) is 30.9 Å². The Bertz CT molecular complexity index is 1160. The van der Waals surface area contributed by atoms with Crippen LogP contribution in [0.5, 0.6) is 0 Å². The summed E-state index contributed by atoms with van der Waals surface area (Å²) < 4.78 is 0. The number of Topliss-reactive ketones (excluding diaryl/α,β-unsaturated/α-hetero) is 1. The first kappa shape index (κ1) is 23.7. The van der Waals surface area contributed by atoms with Crippen LogP contribution >= 0.6 is 0 Å². The first-order valence-corrected chi connectivity index (χ1v) is 11.9. The van der Waals surface area contributed by atoms with Crippen molar-refractivity contribution < 1.29 is 19.5 Å². The first-order chi connectivity index (χ1) is 16.1. The van der Waals surface area contributed by atoms with Gasteiger partial charge in [0.2, 0.25) is 5.91 Å². The van der Waals surface area contributed by atoms with Gasteiger partial charge >= 0.3 is 5.97 Å². The van der Waals surface area contributed by atoms with Crippen LogP contribution in [0.2, 0.25) is 0 Å². The Kier molecular flexibility index (Phi) is 6.34. The maximum Gasteiger partial charge on any atom is 0.335 e. The number of hydrogen-bond acceptors (Lipinski definition) is 4. The van der Waals surface area contributed by atoms with Crippen molar-refractivity contribution in [1.29, 1.82) is 0 Å². The Morgan fingerprint density at radius 3 is 2.35 bits per heavy atom. The predicted octanol–water partition coefficient (Wildman–Crippen LogP) is 5.39. The van der Waals surface area contributed by atoms with E-state index in [9.17, 15) is 19.5 Å². The third kappa shape index (κ3) is 4.37. The van der Waals surface area contributed by atoms with Crippen LogP contribution < -0.4 is 9.80 Å². The second-order valence-electron chi connectivity index (χ2n) is 9.91. The summed E-state index contributed by atoms with van der Waals surface area (Å²) in [6.07, 6.45) is 1.18. The Balaban J connectivity index is 1.82. The Morgan fingerprint density at radius 2 is 1.74 bits per heavy atom. The Hall–Kier alpha value is -3.41. The number of nitrogens with zero attached hydrogens (tertiary/aromatic N) is 2. The van der Waals surface area contributed by atoms with E-state index in [1.54, 1.807) is 17.0 Å². The van der Waals surface area contributed by atoms with Gasteiger partial charge in [0.1, 0.15) is 0 Å². The van der Waals surface area contributed by atoms with Gasteiger partial charge in [0.05, 0.1) is 5.56 Å². The molecule has 1 atom stereocenters. The molecule has 0 fully saturated rings. The lowest BCUT2D eigenvalue weighted by Gasteiger charge is -2.43. The molecule has 1 N–H and O–H groups in total. The van der Waals surface area contributed by atoms with Crippen LogP contribution in [0.15, 0.2) is 59.8 Å². The Morgan fingerprint density at radius 1 is 1.06 bits per heavy atom. The molecule has 4 rings (SSSR count). The lowest BCUT2D eigenvalue weighted by atomic mass is 9.69. The van der Waals surface area contributed by atoms with Crippen LogP contribution in [0.3, 0.4) is 0 Å². The zero-order valence-corrected chi connectivity index (χ0v) is 20.3. The fourth-order valence-corrected chi connectivity index (χ4v) is 5.28. The number of amides is 1. The summed E-state index contributed by atoms with van der Waals surface area (Å²) in [6, 6.07) is 14.6. The van der Waals surface area contributed by atoms with Crippen molar-refractivity contribution in [2.24, 2.45) is 5.41 Å². The number of hydrogen-bond donors (Lipinski definition) is 1. The highest BCUT2D eigenvalue weighted by Gasteiger charge is 2.44. The van der Waals surface area contributed by atoms with E-state index >= 15 is 0 Å². The minimum Gasteiger partial charge on any atom is -0.478 e. The van der Waals surface area contributed by atoms with Gasteiger partial charge in [0.25, 0.3) is 0 Å². The molecule has 1 aliphatic carbocycles. The zero-order valence-electron chi connectivity index (χ0n) is 20.3. The van der Waals surface area contributed by atoms with Crippen molar-refractivity contribution in [2.75, 3.05) is 22.9 Å². The molecule has 6 heteroatoms. The molecule has 178 valence electrons. The van der Waals surface area contributed by atoms with E-state index < -0.39 is 5.97 Å². The second kappa shape index (κ2) is 9.09. The van der Waals surface area contributed by atoms with E-state index in [4.69, 9.17) is 0 Å². The van der Waals surface area contributed by atoms with E-state index in [1.807, 2.05) is 26.0 Å². The molecule has 0 aromatic heterocycles. The maximum atomic E-state index is 13.5. The molecular weight excluding hydrogens is 428 g/mol. The molecule has 1 aliphatic heterocycles. The molecular formula is C28H32N2O4. The average molecular weight is 461 g/mol. The second-order valence-corrected chi connectivity index (χ2v) is 9.91. The molecule has 1 amide bonds. The van der Waals surface area contributed by atoms with Crippen LogP contribution in [0, 0.1) is 5.41 Å². The van der Waals surface area contributed by atoms with Gasteiger partial charge in [-0.25, -0.2) is 4.79 Å². The summed E-state index contributed by atoms with van der Waals surface area (Å²) in [7, 11) is 0. The molecule has 0 bridgehead atoms.